The number of furan rings is 1. The van der Waals surface area contributed by atoms with E-state index in [-0.39, 0.29) is 33.4 Å². The number of rotatable bonds is 7. The molecule has 0 atom stereocenters. The van der Waals surface area contributed by atoms with E-state index in [2.05, 4.69) is 10.6 Å². The molecule has 3 rings (SSSR count). The average Bonchev–Trinajstić information content (AvgIpc) is 3.21. The summed E-state index contributed by atoms with van der Waals surface area (Å²) in [5.74, 6) is -1.45. The van der Waals surface area contributed by atoms with Gasteiger partial charge < -0.3 is 15.1 Å². The molecule has 1 heterocycles. The molecule has 2 amide bonds. The van der Waals surface area contributed by atoms with Crippen LogP contribution >= 0.6 is 0 Å². The van der Waals surface area contributed by atoms with Gasteiger partial charge in [0.2, 0.25) is 10.0 Å². The van der Waals surface area contributed by atoms with Crippen LogP contribution in [0, 0.1) is 12.7 Å². The van der Waals surface area contributed by atoms with Gasteiger partial charge in [-0.3, -0.25) is 9.59 Å². The van der Waals surface area contributed by atoms with Crippen molar-refractivity contribution in [3.8, 4) is 0 Å². The van der Waals surface area contributed by atoms with Crippen molar-refractivity contribution in [1.82, 2.24) is 4.31 Å². The molecule has 33 heavy (non-hydrogen) atoms. The van der Waals surface area contributed by atoms with Gasteiger partial charge in [-0.25, -0.2) is 12.8 Å². The molecule has 8 nitrogen and oxygen atoms in total. The molecule has 2 aromatic carbocycles. The van der Waals surface area contributed by atoms with E-state index in [4.69, 9.17) is 4.42 Å². The van der Waals surface area contributed by atoms with E-state index < -0.39 is 27.7 Å². The number of halogens is 1. The van der Waals surface area contributed by atoms with Crippen molar-refractivity contribution in [2.75, 3.05) is 17.7 Å². The number of nitrogens with zero attached hydrogens (tertiary/aromatic N) is 1. The second-order valence-electron chi connectivity index (χ2n) is 7.64. The SMILES string of the molecule is Cc1occc1C(=O)Nc1cc(NC(=O)c2cccc(S(=O)(=O)N(C)C(C)C)c2)ccc1F. The molecule has 0 saturated heterocycles. The van der Waals surface area contributed by atoms with Crippen molar-refractivity contribution in [2.24, 2.45) is 0 Å². The maximum atomic E-state index is 14.2. The average molecular weight is 474 g/mol. The van der Waals surface area contributed by atoms with E-state index in [1.54, 1.807) is 20.8 Å². The van der Waals surface area contributed by atoms with E-state index in [1.807, 2.05) is 0 Å². The number of carbonyl (C=O) groups excluding carboxylic acids is 2. The van der Waals surface area contributed by atoms with Crippen molar-refractivity contribution < 1.29 is 26.8 Å². The van der Waals surface area contributed by atoms with Crippen LogP contribution < -0.4 is 10.6 Å². The second-order valence-corrected chi connectivity index (χ2v) is 9.63. The maximum absolute atomic E-state index is 14.2. The molecule has 174 valence electrons. The molecule has 0 aliphatic heterocycles. The van der Waals surface area contributed by atoms with Gasteiger partial charge in [0.25, 0.3) is 11.8 Å². The molecule has 0 radical (unpaired) electrons. The lowest BCUT2D eigenvalue weighted by Gasteiger charge is -2.21. The summed E-state index contributed by atoms with van der Waals surface area (Å²) in [6, 6.07) is 10.5. The first-order valence-corrected chi connectivity index (χ1v) is 11.5. The molecule has 10 heteroatoms. The molecule has 0 aliphatic rings. The van der Waals surface area contributed by atoms with Gasteiger partial charge >= 0.3 is 0 Å². The number of sulfonamides is 1. The van der Waals surface area contributed by atoms with Gasteiger partial charge in [0.1, 0.15) is 11.6 Å². The van der Waals surface area contributed by atoms with Gasteiger partial charge in [-0.05, 0) is 63.2 Å². The van der Waals surface area contributed by atoms with Gasteiger partial charge in [-0.1, -0.05) is 6.07 Å². The lowest BCUT2D eigenvalue weighted by atomic mass is 10.2. The van der Waals surface area contributed by atoms with Crippen LogP contribution in [0.5, 0.6) is 0 Å². The minimum atomic E-state index is -3.77. The number of anilines is 2. The molecule has 0 spiro atoms. The summed E-state index contributed by atoms with van der Waals surface area (Å²) in [6.45, 7) is 5.09. The van der Waals surface area contributed by atoms with Crippen molar-refractivity contribution in [3.05, 3.63) is 77.5 Å². The number of nitrogens with one attached hydrogen (secondary N) is 2. The van der Waals surface area contributed by atoms with Crippen LogP contribution in [0.4, 0.5) is 15.8 Å². The topological polar surface area (TPSA) is 109 Å². The summed E-state index contributed by atoms with van der Waals surface area (Å²) < 4.78 is 46.0. The van der Waals surface area contributed by atoms with Gasteiger partial charge in [-0.15, -0.1) is 0 Å². The summed E-state index contributed by atoms with van der Waals surface area (Å²) in [4.78, 5) is 25.1. The van der Waals surface area contributed by atoms with Crippen molar-refractivity contribution >= 4 is 33.2 Å². The van der Waals surface area contributed by atoms with Crippen LogP contribution in [0.3, 0.4) is 0 Å². The number of aryl methyl sites for hydroxylation is 1. The predicted molar refractivity (Wildman–Crippen MR) is 122 cm³/mol. The van der Waals surface area contributed by atoms with Crippen LogP contribution in [-0.4, -0.2) is 37.6 Å². The fourth-order valence-corrected chi connectivity index (χ4v) is 4.37. The highest BCUT2D eigenvalue weighted by molar-refractivity contribution is 7.89. The van der Waals surface area contributed by atoms with Crippen LogP contribution in [0.2, 0.25) is 0 Å². The lowest BCUT2D eigenvalue weighted by molar-refractivity contribution is 0.101. The predicted octanol–water partition coefficient (Wildman–Crippen LogP) is 4.26. The highest BCUT2D eigenvalue weighted by Gasteiger charge is 2.24. The molecule has 0 aliphatic carbocycles. The van der Waals surface area contributed by atoms with E-state index in [0.717, 1.165) is 6.07 Å². The number of carbonyl (C=O) groups is 2. The van der Waals surface area contributed by atoms with E-state index >= 15 is 0 Å². The summed E-state index contributed by atoms with van der Waals surface area (Å²) in [5, 5.41) is 5.04. The highest BCUT2D eigenvalue weighted by Crippen LogP contribution is 2.23. The molecule has 0 saturated carbocycles. The van der Waals surface area contributed by atoms with E-state index in [9.17, 15) is 22.4 Å². The Hall–Kier alpha value is -3.50. The van der Waals surface area contributed by atoms with E-state index in [0.29, 0.717) is 5.76 Å². The number of benzene rings is 2. The van der Waals surface area contributed by atoms with Gasteiger partial charge in [-0.2, -0.15) is 4.31 Å². The van der Waals surface area contributed by atoms with Gasteiger partial charge in [0.05, 0.1) is 22.4 Å². The van der Waals surface area contributed by atoms with Crippen molar-refractivity contribution in [2.45, 2.75) is 31.7 Å². The largest absolute Gasteiger partial charge is 0.469 e. The number of amides is 2. The minimum Gasteiger partial charge on any atom is -0.469 e. The molecule has 0 fully saturated rings. The van der Waals surface area contributed by atoms with E-state index in [1.165, 1.54) is 60.1 Å². The van der Waals surface area contributed by atoms with Crippen molar-refractivity contribution in [1.29, 1.82) is 0 Å². The molecule has 0 bridgehead atoms. The Morgan fingerprint density at radius 1 is 1.03 bits per heavy atom. The first kappa shape index (κ1) is 24.1. The standard InChI is InChI=1S/C23H24FN3O5S/c1-14(2)27(4)33(30,31)18-7-5-6-16(12-18)22(28)25-17-8-9-20(24)21(13-17)26-23(29)19-10-11-32-15(19)3/h5-14H,1-4H3,(H,25,28)(H,26,29). The normalized spacial score (nSPS) is 11.6. The molecule has 2 N–H and O–H groups in total. The zero-order valence-electron chi connectivity index (χ0n) is 18.5. The first-order chi connectivity index (χ1) is 15.5. The van der Waals surface area contributed by atoms with Crippen LogP contribution in [-0.2, 0) is 10.0 Å². The van der Waals surface area contributed by atoms with Crippen LogP contribution in [0.25, 0.3) is 0 Å². The number of hydrogen-bond acceptors (Lipinski definition) is 5. The fourth-order valence-electron chi connectivity index (χ4n) is 2.95. The third kappa shape index (κ3) is 5.29. The Kier molecular flexibility index (Phi) is 6.99. The zero-order chi connectivity index (χ0) is 24.3. The summed E-state index contributed by atoms with van der Waals surface area (Å²) in [7, 11) is -2.31. The molecular weight excluding hydrogens is 449 g/mol. The van der Waals surface area contributed by atoms with Crippen LogP contribution in [0.15, 0.2) is 64.1 Å². The minimum absolute atomic E-state index is 0.0195. The Bertz CT molecular complexity index is 1300. The number of hydrogen-bond donors (Lipinski definition) is 2. The van der Waals surface area contributed by atoms with Crippen LogP contribution in [0.1, 0.15) is 40.3 Å². The quantitative estimate of drug-likeness (QED) is 0.533. The Morgan fingerprint density at radius 2 is 1.76 bits per heavy atom. The second kappa shape index (κ2) is 9.55. The first-order valence-electron chi connectivity index (χ1n) is 10.0. The monoisotopic (exact) mass is 473 g/mol. The molecule has 0 unspecified atom stereocenters. The zero-order valence-corrected chi connectivity index (χ0v) is 19.4. The molecular formula is C23H24FN3O5S. The van der Waals surface area contributed by atoms with Gasteiger partial charge in [0.15, 0.2) is 0 Å². The third-order valence-electron chi connectivity index (χ3n) is 5.08. The summed E-state index contributed by atoms with van der Waals surface area (Å²) in [5.41, 5.74) is 0.451. The maximum Gasteiger partial charge on any atom is 0.259 e. The highest BCUT2D eigenvalue weighted by atomic mass is 32.2. The Balaban J connectivity index is 1.81. The molecule has 1 aromatic heterocycles. The fraction of sp³-hybridized carbons (Fsp3) is 0.217. The summed E-state index contributed by atoms with van der Waals surface area (Å²) in [6.07, 6.45) is 1.35. The molecule has 3 aromatic rings. The summed E-state index contributed by atoms with van der Waals surface area (Å²) >= 11 is 0. The lowest BCUT2D eigenvalue weighted by Crippen LogP contribution is -2.33. The Labute approximate surface area is 191 Å². The van der Waals surface area contributed by atoms with Gasteiger partial charge in [0, 0.05) is 24.3 Å². The third-order valence-corrected chi connectivity index (χ3v) is 7.11. The van der Waals surface area contributed by atoms with Crippen molar-refractivity contribution in [3.63, 3.8) is 0 Å². The Morgan fingerprint density at radius 3 is 2.39 bits per heavy atom. The smallest absolute Gasteiger partial charge is 0.259 e.